The molecule has 2 heterocycles. The minimum Gasteiger partial charge on any atom is -0.300 e. The number of benzene rings is 1. The standard InChI is InChI=1S/C13H15N3O3.C9H9N.C8H16O.C2H6/c1-4-15-11-7-14-10(8(3)17)6-9(11)12(18)16(5-2)13(15)19;1-7-3-4-9(6-10)8(2)5-7;1-4-5-7(2)6-8(3)9;1-2/h6-7H,4-5H2,1-3H3;3-5H,1-2H3;7H,4-6H2,1-3H3;1-2H3. The Bertz CT molecular complexity index is 1430. The molecule has 0 N–H and O–H groups in total. The molecule has 3 aromatic rings. The number of carbonyl (C=O) groups excluding carboxylic acids is 2. The molecule has 0 saturated carbocycles. The molecule has 2 aromatic heterocycles. The molecule has 0 aliphatic carbocycles. The molecule has 0 aliphatic rings. The molecule has 0 fully saturated rings. The number of rotatable bonds is 7. The smallest absolute Gasteiger partial charge is 0.300 e. The van der Waals surface area contributed by atoms with Gasteiger partial charge in [0.2, 0.25) is 0 Å². The van der Waals surface area contributed by atoms with Crippen LogP contribution in [0.2, 0.25) is 0 Å². The van der Waals surface area contributed by atoms with Crippen LogP contribution in [0.1, 0.15) is 102 Å². The summed E-state index contributed by atoms with van der Waals surface area (Å²) in [6.45, 7) is 19.6. The van der Waals surface area contributed by atoms with Gasteiger partial charge < -0.3 is 4.79 Å². The zero-order chi connectivity index (χ0) is 31.0. The number of fused-ring (bicyclic) bond motifs is 1. The first-order chi connectivity index (χ1) is 18.9. The van der Waals surface area contributed by atoms with Gasteiger partial charge in [-0.25, -0.2) is 4.79 Å². The lowest BCUT2D eigenvalue weighted by Crippen LogP contribution is -2.39. The monoisotopic (exact) mass is 550 g/mol. The van der Waals surface area contributed by atoms with E-state index in [1.54, 1.807) is 13.8 Å². The van der Waals surface area contributed by atoms with Gasteiger partial charge in [-0.2, -0.15) is 5.26 Å². The van der Waals surface area contributed by atoms with Crippen molar-refractivity contribution in [3.63, 3.8) is 0 Å². The zero-order valence-electron chi connectivity index (χ0n) is 25.9. The van der Waals surface area contributed by atoms with Gasteiger partial charge in [0.05, 0.1) is 28.7 Å². The van der Waals surface area contributed by atoms with E-state index in [0.29, 0.717) is 35.7 Å². The minimum atomic E-state index is -0.378. The lowest BCUT2D eigenvalue weighted by Gasteiger charge is -2.11. The Morgan fingerprint density at radius 1 is 1.00 bits per heavy atom. The van der Waals surface area contributed by atoms with Crippen molar-refractivity contribution in [3.05, 3.63) is 73.7 Å². The van der Waals surface area contributed by atoms with E-state index in [2.05, 4.69) is 24.9 Å². The molecule has 0 radical (unpaired) electrons. The minimum absolute atomic E-state index is 0.210. The van der Waals surface area contributed by atoms with E-state index < -0.39 is 0 Å². The molecule has 0 bridgehead atoms. The number of hydrogen-bond acceptors (Lipinski definition) is 6. The highest BCUT2D eigenvalue weighted by molar-refractivity contribution is 5.95. The van der Waals surface area contributed by atoms with E-state index in [9.17, 15) is 19.2 Å². The fourth-order valence-corrected chi connectivity index (χ4v) is 4.12. The lowest BCUT2D eigenvalue weighted by molar-refractivity contribution is -0.117. The van der Waals surface area contributed by atoms with Crippen molar-refractivity contribution >= 4 is 22.5 Å². The topological polar surface area (TPSA) is 115 Å². The van der Waals surface area contributed by atoms with Crippen molar-refractivity contribution in [3.8, 4) is 6.07 Å². The summed E-state index contributed by atoms with van der Waals surface area (Å²) in [4.78, 5) is 50.2. The molecule has 1 atom stereocenters. The van der Waals surface area contributed by atoms with Crippen molar-refractivity contribution < 1.29 is 9.59 Å². The first-order valence-corrected chi connectivity index (χ1v) is 14.0. The Hall–Kier alpha value is -3.86. The summed E-state index contributed by atoms with van der Waals surface area (Å²) in [5.41, 5.74) is 3.00. The molecular formula is C32H46N4O4. The van der Waals surface area contributed by atoms with Crippen molar-refractivity contribution in [1.82, 2.24) is 14.1 Å². The number of nitriles is 1. The van der Waals surface area contributed by atoms with Gasteiger partial charge in [-0.1, -0.05) is 58.2 Å². The summed E-state index contributed by atoms with van der Waals surface area (Å²) in [6.07, 6.45) is 4.54. The Morgan fingerprint density at radius 3 is 2.05 bits per heavy atom. The summed E-state index contributed by atoms with van der Waals surface area (Å²) in [5.74, 6) is 0.696. The van der Waals surface area contributed by atoms with Crippen LogP contribution >= 0.6 is 0 Å². The van der Waals surface area contributed by atoms with Crippen LogP contribution in [0.15, 0.2) is 40.1 Å². The van der Waals surface area contributed by atoms with Crippen LogP contribution in [0.4, 0.5) is 0 Å². The fraction of sp³-hybridized carbons (Fsp3) is 0.500. The number of pyridine rings is 1. The quantitative estimate of drug-likeness (QED) is 0.314. The zero-order valence-corrected chi connectivity index (χ0v) is 25.9. The van der Waals surface area contributed by atoms with Crippen LogP contribution < -0.4 is 11.2 Å². The van der Waals surface area contributed by atoms with Gasteiger partial charge in [-0.05, 0) is 58.2 Å². The molecule has 0 amide bonds. The van der Waals surface area contributed by atoms with Crippen molar-refractivity contribution in [2.45, 2.75) is 102 Å². The highest BCUT2D eigenvalue weighted by Gasteiger charge is 2.13. The van der Waals surface area contributed by atoms with Crippen LogP contribution in [-0.4, -0.2) is 25.7 Å². The maximum Gasteiger partial charge on any atom is 0.331 e. The van der Waals surface area contributed by atoms with E-state index in [4.69, 9.17) is 5.26 Å². The van der Waals surface area contributed by atoms with Crippen molar-refractivity contribution in [2.24, 2.45) is 5.92 Å². The van der Waals surface area contributed by atoms with Gasteiger partial charge in [-0.3, -0.25) is 23.7 Å². The molecular weight excluding hydrogens is 504 g/mol. The van der Waals surface area contributed by atoms with Crippen molar-refractivity contribution in [1.29, 1.82) is 5.26 Å². The summed E-state index contributed by atoms with van der Waals surface area (Å²) in [7, 11) is 0. The van der Waals surface area contributed by atoms with E-state index in [0.717, 1.165) is 22.1 Å². The van der Waals surface area contributed by atoms with E-state index in [1.807, 2.05) is 52.8 Å². The number of ketones is 2. The second-order valence-corrected chi connectivity index (χ2v) is 9.45. The number of hydrogen-bond donors (Lipinski definition) is 0. The maximum absolute atomic E-state index is 12.2. The number of Topliss-reactive ketones (excluding diaryl/α,β-unsaturated/α-hetero) is 2. The second kappa shape index (κ2) is 18.4. The van der Waals surface area contributed by atoms with Crippen LogP contribution in [0, 0.1) is 31.1 Å². The molecule has 0 spiro atoms. The third kappa shape index (κ3) is 10.7. The van der Waals surface area contributed by atoms with Gasteiger partial charge in [-0.15, -0.1) is 0 Å². The van der Waals surface area contributed by atoms with E-state index in [-0.39, 0.29) is 22.7 Å². The number of aryl methyl sites for hydroxylation is 3. The molecule has 8 heteroatoms. The molecule has 218 valence electrons. The predicted octanol–water partition coefficient (Wildman–Crippen LogP) is 6.40. The Morgan fingerprint density at radius 2 is 1.60 bits per heavy atom. The molecule has 40 heavy (non-hydrogen) atoms. The number of aromatic nitrogens is 3. The average molecular weight is 551 g/mol. The van der Waals surface area contributed by atoms with Gasteiger partial charge in [0.1, 0.15) is 11.5 Å². The molecule has 0 aliphatic heterocycles. The largest absolute Gasteiger partial charge is 0.331 e. The molecule has 1 aromatic carbocycles. The van der Waals surface area contributed by atoms with Crippen LogP contribution in [-0.2, 0) is 17.9 Å². The van der Waals surface area contributed by atoms with E-state index in [1.165, 1.54) is 42.2 Å². The van der Waals surface area contributed by atoms with Crippen molar-refractivity contribution in [2.75, 3.05) is 0 Å². The highest BCUT2D eigenvalue weighted by Crippen LogP contribution is 2.10. The third-order valence-electron chi connectivity index (χ3n) is 6.02. The third-order valence-corrected chi connectivity index (χ3v) is 6.02. The molecule has 1 unspecified atom stereocenters. The Kier molecular flexibility index (Phi) is 16.7. The molecule has 3 rings (SSSR count). The number of nitrogens with zero attached hydrogens (tertiary/aromatic N) is 4. The highest BCUT2D eigenvalue weighted by atomic mass is 16.2. The van der Waals surface area contributed by atoms with E-state index >= 15 is 0 Å². The number of carbonyl (C=O) groups is 2. The van der Waals surface area contributed by atoms with Crippen LogP contribution in [0.25, 0.3) is 10.9 Å². The normalized spacial score (nSPS) is 10.5. The SMILES string of the molecule is CC.CCCC(C)CC(C)=O.CCn1c(=O)c2cc(C(C)=O)ncc2n(CC)c1=O.Cc1ccc(C#N)c(C)c1. The van der Waals surface area contributed by atoms with Crippen LogP contribution in [0.5, 0.6) is 0 Å². The Balaban J connectivity index is 0.000000612. The maximum atomic E-state index is 12.2. The average Bonchev–Trinajstić information content (AvgIpc) is 2.91. The first kappa shape index (κ1) is 36.1. The second-order valence-electron chi connectivity index (χ2n) is 9.45. The van der Waals surface area contributed by atoms with Gasteiger partial charge in [0.15, 0.2) is 5.78 Å². The first-order valence-electron chi connectivity index (χ1n) is 14.0. The van der Waals surface area contributed by atoms with Gasteiger partial charge in [0, 0.05) is 26.4 Å². The van der Waals surface area contributed by atoms with Gasteiger partial charge >= 0.3 is 5.69 Å². The predicted molar refractivity (Wildman–Crippen MR) is 163 cm³/mol. The van der Waals surface area contributed by atoms with Crippen LogP contribution in [0.3, 0.4) is 0 Å². The Labute approximate surface area is 238 Å². The summed E-state index contributed by atoms with van der Waals surface area (Å²) in [5, 5.41) is 8.91. The van der Waals surface area contributed by atoms with Gasteiger partial charge in [0.25, 0.3) is 5.56 Å². The summed E-state index contributed by atoms with van der Waals surface area (Å²) >= 11 is 0. The molecule has 8 nitrogen and oxygen atoms in total. The molecule has 0 saturated heterocycles. The summed E-state index contributed by atoms with van der Waals surface area (Å²) < 4.78 is 2.65. The lowest BCUT2D eigenvalue weighted by atomic mass is 10.0. The summed E-state index contributed by atoms with van der Waals surface area (Å²) in [6, 6.07) is 9.39. The fourth-order valence-electron chi connectivity index (χ4n) is 4.12.